The molecule has 0 bridgehead atoms. The minimum Gasteiger partial charge on any atom is -0.380 e. The number of methoxy groups -OCH3 is 1. The molecule has 0 atom stereocenters. The van der Waals surface area contributed by atoms with Gasteiger partial charge >= 0.3 is 0 Å². The van der Waals surface area contributed by atoms with Crippen LogP contribution >= 0.6 is 0 Å². The predicted molar refractivity (Wildman–Crippen MR) is 96.6 cm³/mol. The van der Waals surface area contributed by atoms with Crippen LogP contribution in [0.4, 0.5) is 15.9 Å². The Morgan fingerprint density at radius 2 is 1.88 bits per heavy atom. The molecule has 1 N–H and O–H groups in total. The van der Waals surface area contributed by atoms with E-state index >= 15 is 0 Å². The average Bonchev–Trinajstić information content (AvgIpc) is 3.07. The highest BCUT2D eigenvalue weighted by Crippen LogP contribution is 2.21. The lowest BCUT2D eigenvalue weighted by Gasteiger charge is -2.07. The van der Waals surface area contributed by atoms with Crippen LogP contribution < -0.4 is 5.32 Å². The molecular weight excluding hydrogens is 333 g/mol. The van der Waals surface area contributed by atoms with Crippen LogP contribution in [0, 0.1) is 5.82 Å². The number of anilines is 2. The third-order valence-corrected chi connectivity index (χ3v) is 3.88. The Bertz CT molecular complexity index is 1050. The molecule has 7 heteroatoms. The summed E-state index contributed by atoms with van der Waals surface area (Å²) >= 11 is 0. The zero-order chi connectivity index (χ0) is 17.9. The molecule has 0 radical (unpaired) electrons. The Morgan fingerprint density at radius 3 is 2.65 bits per heavy atom. The van der Waals surface area contributed by atoms with Crippen molar-refractivity contribution in [3.8, 4) is 11.4 Å². The van der Waals surface area contributed by atoms with Gasteiger partial charge in [-0.3, -0.25) is 0 Å². The molecule has 0 aliphatic rings. The molecule has 130 valence electrons. The Hall–Kier alpha value is -3.32. The molecule has 0 saturated heterocycles. The molecule has 4 rings (SSSR count). The van der Waals surface area contributed by atoms with E-state index in [1.807, 2.05) is 36.4 Å². The molecule has 0 amide bonds. The first-order valence-corrected chi connectivity index (χ1v) is 8.06. The number of hydrogen-bond acceptors (Lipinski definition) is 5. The normalized spacial score (nSPS) is 11.0. The highest BCUT2D eigenvalue weighted by molar-refractivity contribution is 5.61. The number of nitrogens with one attached hydrogen (secondary N) is 1. The van der Waals surface area contributed by atoms with E-state index in [1.165, 1.54) is 12.1 Å². The molecule has 0 fully saturated rings. The molecule has 2 aromatic carbocycles. The Balaban J connectivity index is 1.65. The van der Waals surface area contributed by atoms with Crippen LogP contribution in [0.1, 0.15) is 5.56 Å². The minimum absolute atomic E-state index is 0.329. The summed E-state index contributed by atoms with van der Waals surface area (Å²) in [6, 6.07) is 17.7. The summed E-state index contributed by atoms with van der Waals surface area (Å²) in [4.78, 5) is 0. The Morgan fingerprint density at radius 1 is 1.04 bits per heavy atom. The summed E-state index contributed by atoms with van der Waals surface area (Å²) in [5.74, 6) is 0.790. The molecule has 26 heavy (non-hydrogen) atoms. The zero-order valence-corrected chi connectivity index (χ0v) is 14.1. The average molecular weight is 349 g/mol. The Kier molecular flexibility index (Phi) is 4.28. The molecule has 0 aliphatic heterocycles. The first-order chi connectivity index (χ1) is 12.7. The summed E-state index contributed by atoms with van der Waals surface area (Å²) in [5, 5.41) is 16.0. The van der Waals surface area contributed by atoms with Crippen molar-refractivity contribution in [1.29, 1.82) is 0 Å². The largest absolute Gasteiger partial charge is 0.380 e. The highest BCUT2D eigenvalue weighted by atomic mass is 19.1. The fraction of sp³-hybridized carbons (Fsp3) is 0.105. The number of rotatable bonds is 5. The van der Waals surface area contributed by atoms with Gasteiger partial charge in [0.25, 0.3) is 0 Å². The highest BCUT2D eigenvalue weighted by Gasteiger charge is 2.11. The van der Waals surface area contributed by atoms with Crippen molar-refractivity contribution in [2.24, 2.45) is 0 Å². The first-order valence-electron chi connectivity index (χ1n) is 8.06. The second kappa shape index (κ2) is 6.89. The summed E-state index contributed by atoms with van der Waals surface area (Å²) in [6.07, 6.45) is 0. The van der Waals surface area contributed by atoms with Gasteiger partial charge in [-0.1, -0.05) is 24.3 Å². The smallest absolute Gasteiger partial charge is 0.185 e. The van der Waals surface area contributed by atoms with Gasteiger partial charge in [0.1, 0.15) is 5.82 Å². The second-order valence-corrected chi connectivity index (χ2v) is 5.78. The maximum atomic E-state index is 13.5. The number of benzene rings is 2. The van der Waals surface area contributed by atoms with Gasteiger partial charge in [0.15, 0.2) is 17.3 Å². The van der Waals surface area contributed by atoms with Crippen LogP contribution in [-0.2, 0) is 11.3 Å². The number of aromatic nitrogens is 4. The Labute approximate surface area is 149 Å². The molecule has 4 aromatic rings. The fourth-order valence-corrected chi connectivity index (χ4v) is 2.66. The SMILES string of the molecule is COCc1ccc(Nc2ccc3nnc(-c4cccc(F)c4)n3n2)cc1. The zero-order valence-electron chi connectivity index (χ0n) is 14.1. The third kappa shape index (κ3) is 3.25. The van der Waals surface area contributed by atoms with E-state index in [1.54, 1.807) is 23.8 Å². The standard InChI is InChI=1S/C19H16FN5O/c1-26-12-13-5-7-16(8-6-13)21-17-9-10-18-22-23-19(25(18)24-17)14-3-2-4-15(20)11-14/h2-11H,12H2,1H3,(H,21,24). The van der Waals surface area contributed by atoms with Crippen LogP contribution in [0.25, 0.3) is 17.0 Å². The topological polar surface area (TPSA) is 64.3 Å². The molecule has 2 aromatic heterocycles. The van der Waals surface area contributed by atoms with Gasteiger partial charge < -0.3 is 10.1 Å². The van der Waals surface area contributed by atoms with Gasteiger partial charge in [-0.05, 0) is 42.0 Å². The lowest BCUT2D eigenvalue weighted by molar-refractivity contribution is 0.185. The quantitative estimate of drug-likeness (QED) is 0.593. The van der Waals surface area contributed by atoms with Crippen LogP contribution in [0.15, 0.2) is 60.7 Å². The van der Waals surface area contributed by atoms with Gasteiger partial charge in [0.2, 0.25) is 0 Å². The van der Waals surface area contributed by atoms with E-state index in [0.29, 0.717) is 29.5 Å². The number of hydrogen-bond donors (Lipinski definition) is 1. The van der Waals surface area contributed by atoms with Crippen LogP contribution in [0.5, 0.6) is 0 Å². The minimum atomic E-state index is -0.329. The second-order valence-electron chi connectivity index (χ2n) is 5.78. The van der Waals surface area contributed by atoms with E-state index in [2.05, 4.69) is 20.6 Å². The molecule has 2 heterocycles. The summed E-state index contributed by atoms with van der Waals surface area (Å²) in [7, 11) is 1.67. The maximum absolute atomic E-state index is 13.5. The van der Waals surface area contributed by atoms with Gasteiger partial charge in [-0.25, -0.2) is 4.39 Å². The van der Waals surface area contributed by atoms with Crippen molar-refractivity contribution < 1.29 is 9.13 Å². The lowest BCUT2D eigenvalue weighted by atomic mass is 10.2. The fourth-order valence-electron chi connectivity index (χ4n) is 2.66. The van der Waals surface area contributed by atoms with E-state index in [9.17, 15) is 4.39 Å². The van der Waals surface area contributed by atoms with Crippen molar-refractivity contribution in [2.75, 3.05) is 12.4 Å². The summed E-state index contributed by atoms with van der Waals surface area (Å²) in [5.41, 5.74) is 3.20. The lowest BCUT2D eigenvalue weighted by Crippen LogP contribution is -2.01. The molecule has 0 spiro atoms. The summed E-state index contributed by atoms with van der Waals surface area (Å²) < 4.78 is 20.2. The number of ether oxygens (including phenoxy) is 1. The first kappa shape index (κ1) is 16.2. The summed E-state index contributed by atoms with van der Waals surface area (Å²) in [6.45, 7) is 0.572. The van der Waals surface area contributed by atoms with Crippen LogP contribution in [0.2, 0.25) is 0 Å². The van der Waals surface area contributed by atoms with Gasteiger partial charge in [-0.15, -0.1) is 15.3 Å². The predicted octanol–water partition coefficient (Wildman–Crippen LogP) is 3.82. The monoisotopic (exact) mass is 349 g/mol. The van der Waals surface area contributed by atoms with E-state index < -0.39 is 0 Å². The van der Waals surface area contributed by atoms with Gasteiger partial charge in [-0.2, -0.15) is 4.52 Å². The van der Waals surface area contributed by atoms with Crippen molar-refractivity contribution in [3.63, 3.8) is 0 Å². The van der Waals surface area contributed by atoms with E-state index in [4.69, 9.17) is 4.74 Å². The van der Waals surface area contributed by atoms with Crippen molar-refractivity contribution in [1.82, 2.24) is 19.8 Å². The molecule has 0 aliphatic carbocycles. The molecule has 0 saturated carbocycles. The van der Waals surface area contributed by atoms with Crippen LogP contribution in [-0.4, -0.2) is 26.9 Å². The molecule has 6 nitrogen and oxygen atoms in total. The molecule has 0 unspecified atom stereocenters. The number of halogens is 1. The molecular formula is C19H16FN5O. The maximum Gasteiger partial charge on any atom is 0.185 e. The number of fused-ring (bicyclic) bond motifs is 1. The van der Waals surface area contributed by atoms with Gasteiger partial charge in [0, 0.05) is 18.4 Å². The number of nitrogens with zero attached hydrogens (tertiary/aromatic N) is 4. The van der Waals surface area contributed by atoms with Crippen molar-refractivity contribution in [3.05, 3.63) is 72.0 Å². The van der Waals surface area contributed by atoms with Crippen molar-refractivity contribution >= 4 is 17.2 Å². The van der Waals surface area contributed by atoms with Crippen molar-refractivity contribution in [2.45, 2.75) is 6.61 Å². The van der Waals surface area contributed by atoms with Gasteiger partial charge in [0.05, 0.1) is 6.61 Å². The van der Waals surface area contributed by atoms with E-state index in [0.717, 1.165) is 11.3 Å². The van der Waals surface area contributed by atoms with E-state index in [-0.39, 0.29) is 5.82 Å². The van der Waals surface area contributed by atoms with Crippen LogP contribution in [0.3, 0.4) is 0 Å². The third-order valence-electron chi connectivity index (χ3n) is 3.88.